The largest absolute Gasteiger partial charge is 0.315 e. The lowest BCUT2D eigenvalue weighted by Gasteiger charge is -2.34. The molecular formula is C24H19BrFN7OS. The molecular weight excluding hydrogens is 533 g/mol. The summed E-state index contributed by atoms with van der Waals surface area (Å²) in [5, 5.41) is 12.4. The number of anilines is 1. The highest BCUT2D eigenvalue weighted by Gasteiger charge is 2.32. The highest BCUT2D eigenvalue weighted by atomic mass is 79.9. The number of aromatic nitrogens is 5. The molecule has 35 heavy (non-hydrogen) atoms. The van der Waals surface area contributed by atoms with Gasteiger partial charge in [0, 0.05) is 35.1 Å². The molecule has 1 amide bonds. The van der Waals surface area contributed by atoms with Gasteiger partial charge in [-0.25, -0.2) is 14.4 Å². The smallest absolute Gasteiger partial charge is 0.262 e. The predicted molar refractivity (Wildman–Crippen MR) is 137 cm³/mol. The highest BCUT2D eigenvalue weighted by molar-refractivity contribution is 9.11. The van der Waals surface area contributed by atoms with Gasteiger partial charge in [-0.3, -0.25) is 9.69 Å². The third-order valence-electron chi connectivity index (χ3n) is 6.11. The Bertz CT molecular complexity index is 1560. The van der Waals surface area contributed by atoms with Crippen LogP contribution in [0.2, 0.25) is 0 Å². The molecule has 5 aromatic rings. The van der Waals surface area contributed by atoms with Crippen molar-refractivity contribution in [1.82, 2.24) is 30.3 Å². The van der Waals surface area contributed by atoms with Crippen molar-refractivity contribution in [2.75, 3.05) is 18.0 Å². The number of fused-ring (bicyclic) bond motifs is 2. The molecule has 1 aliphatic rings. The lowest BCUT2D eigenvalue weighted by Crippen LogP contribution is -2.49. The molecule has 6 rings (SSSR count). The predicted octanol–water partition coefficient (Wildman–Crippen LogP) is 4.73. The van der Waals surface area contributed by atoms with Gasteiger partial charge in [0.25, 0.3) is 5.91 Å². The van der Waals surface area contributed by atoms with Crippen LogP contribution in [0, 0.1) is 5.82 Å². The van der Waals surface area contributed by atoms with Crippen molar-refractivity contribution in [2.45, 2.75) is 18.9 Å². The standard InChI is InChI=1S/C24H19BrFN7OS/c25-21-12-17-20(35-21)7-10-29-22(17)32(15-3-1-8-27-13-15)24(34)16-6-5-14(11-18(16)26)33-23-19(30-31-33)4-2-9-28-23/h2,4-7,9-12,15,27H,1,3,8,13H2/t15-/m1/s1. The highest BCUT2D eigenvalue weighted by Crippen LogP contribution is 2.36. The summed E-state index contributed by atoms with van der Waals surface area (Å²) in [5.41, 5.74) is 1.53. The van der Waals surface area contributed by atoms with Gasteiger partial charge >= 0.3 is 0 Å². The van der Waals surface area contributed by atoms with Gasteiger partial charge in [-0.1, -0.05) is 5.21 Å². The molecule has 1 aliphatic heterocycles. The monoisotopic (exact) mass is 551 g/mol. The number of piperidine rings is 1. The zero-order valence-corrected chi connectivity index (χ0v) is 20.8. The number of halogens is 2. The minimum atomic E-state index is -0.639. The van der Waals surface area contributed by atoms with Crippen molar-refractivity contribution in [3.05, 3.63) is 70.0 Å². The van der Waals surface area contributed by atoms with Gasteiger partial charge in [0.2, 0.25) is 0 Å². The first-order valence-electron chi connectivity index (χ1n) is 11.1. The van der Waals surface area contributed by atoms with E-state index in [0.29, 0.717) is 29.2 Å². The van der Waals surface area contributed by atoms with Crippen molar-refractivity contribution in [3.63, 3.8) is 0 Å². The van der Waals surface area contributed by atoms with Gasteiger partial charge in [-0.05, 0) is 71.7 Å². The van der Waals surface area contributed by atoms with E-state index in [2.05, 4.69) is 41.5 Å². The Morgan fingerprint density at radius 2 is 2.11 bits per heavy atom. The summed E-state index contributed by atoms with van der Waals surface area (Å²) in [7, 11) is 0. The summed E-state index contributed by atoms with van der Waals surface area (Å²) in [4.78, 5) is 24.4. The number of benzene rings is 1. The molecule has 1 N–H and O–H groups in total. The quantitative estimate of drug-likeness (QED) is 0.347. The first-order chi connectivity index (χ1) is 17.1. The molecule has 1 atom stereocenters. The van der Waals surface area contributed by atoms with Crippen LogP contribution in [0.25, 0.3) is 26.9 Å². The number of carbonyl (C=O) groups is 1. The fraction of sp³-hybridized carbons (Fsp3) is 0.208. The van der Waals surface area contributed by atoms with Crippen LogP contribution in [0.4, 0.5) is 10.2 Å². The molecule has 176 valence electrons. The van der Waals surface area contributed by atoms with Crippen molar-refractivity contribution < 1.29 is 9.18 Å². The molecule has 0 unspecified atom stereocenters. The number of nitrogens with zero attached hydrogens (tertiary/aromatic N) is 6. The third kappa shape index (κ3) is 3.99. The van der Waals surface area contributed by atoms with E-state index in [1.165, 1.54) is 16.8 Å². The molecule has 5 heterocycles. The van der Waals surface area contributed by atoms with E-state index in [9.17, 15) is 4.79 Å². The van der Waals surface area contributed by atoms with Crippen LogP contribution in [0.1, 0.15) is 23.2 Å². The maximum Gasteiger partial charge on any atom is 0.262 e. The average molecular weight is 552 g/mol. The van der Waals surface area contributed by atoms with E-state index in [1.807, 2.05) is 12.1 Å². The van der Waals surface area contributed by atoms with Crippen molar-refractivity contribution in [3.8, 4) is 5.69 Å². The van der Waals surface area contributed by atoms with E-state index in [0.717, 1.165) is 33.3 Å². The molecule has 1 saturated heterocycles. The summed E-state index contributed by atoms with van der Waals surface area (Å²) < 4.78 is 18.9. The Hall–Kier alpha value is -3.28. The SMILES string of the molecule is O=C(c1ccc(-n2nnc3cccnc32)cc1F)N(c1nccc2sc(Br)cc12)[C@@H]1CCCNC1. The summed E-state index contributed by atoms with van der Waals surface area (Å²) in [6.07, 6.45) is 5.05. The van der Waals surface area contributed by atoms with Crippen molar-refractivity contribution in [2.24, 2.45) is 0 Å². The van der Waals surface area contributed by atoms with Gasteiger partial charge in [0.15, 0.2) is 5.65 Å². The molecule has 8 nitrogen and oxygen atoms in total. The number of amides is 1. The summed E-state index contributed by atoms with van der Waals surface area (Å²) in [5.74, 6) is -0.524. The Balaban J connectivity index is 1.42. The van der Waals surface area contributed by atoms with Gasteiger partial charge in [0.05, 0.1) is 21.1 Å². The second kappa shape index (κ2) is 9.06. The third-order valence-corrected chi connectivity index (χ3v) is 7.72. The molecule has 0 spiro atoms. The first-order valence-corrected chi connectivity index (χ1v) is 12.8. The molecule has 4 aromatic heterocycles. The fourth-order valence-corrected chi connectivity index (χ4v) is 6.00. The summed E-state index contributed by atoms with van der Waals surface area (Å²) in [6, 6.07) is 11.7. The van der Waals surface area contributed by atoms with Gasteiger partial charge in [-0.2, -0.15) is 4.68 Å². The normalized spacial score (nSPS) is 16.1. The topological polar surface area (TPSA) is 88.8 Å². The van der Waals surface area contributed by atoms with E-state index in [-0.39, 0.29) is 11.6 Å². The van der Waals surface area contributed by atoms with E-state index < -0.39 is 11.7 Å². The molecule has 11 heteroatoms. The number of carbonyl (C=O) groups excluding carboxylic acids is 1. The molecule has 0 saturated carbocycles. The number of rotatable bonds is 4. The van der Waals surface area contributed by atoms with Crippen molar-refractivity contribution in [1.29, 1.82) is 0 Å². The number of pyridine rings is 2. The van der Waals surface area contributed by atoms with E-state index in [1.54, 1.807) is 46.8 Å². The maximum absolute atomic E-state index is 15.5. The van der Waals surface area contributed by atoms with Crippen LogP contribution in [0.15, 0.2) is 58.6 Å². The number of hydrogen-bond donors (Lipinski definition) is 1. The van der Waals surface area contributed by atoms with E-state index >= 15 is 4.39 Å². The molecule has 1 aromatic carbocycles. The Morgan fingerprint density at radius 3 is 2.94 bits per heavy atom. The second-order valence-corrected chi connectivity index (χ2v) is 10.7. The summed E-state index contributed by atoms with van der Waals surface area (Å²) in [6.45, 7) is 1.51. The van der Waals surface area contributed by atoms with Crippen LogP contribution in [-0.4, -0.2) is 50.0 Å². The average Bonchev–Trinajstić information content (AvgIpc) is 3.48. The van der Waals surface area contributed by atoms with Gasteiger partial charge in [-0.15, -0.1) is 16.4 Å². The van der Waals surface area contributed by atoms with Crippen LogP contribution in [-0.2, 0) is 0 Å². The fourth-order valence-electron chi connectivity index (χ4n) is 4.48. The van der Waals surface area contributed by atoms with Crippen LogP contribution < -0.4 is 10.2 Å². The van der Waals surface area contributed by atoms with Crippen molar-refractivity contribution >= 4 is 60.2 Å². The lowest BCUT2D eigenvalue weighted by molar-refractivity contribution is 0.0968. The zero-order chi connectivity index (χ0) is 23.9. The van der Waals surface area contributed by atoms with Gasteiger partial charge < -0.3 is 5.32 Å². The first kappa shape index (κ1) is 22.2. The molecule has 0 bridgehead atoms. The van der Waals surface area contributed by atoms with Crippen LogP contribution in [0.5, 0.6) is 0 Å². The number of nitrogens with one attached hydrogen (secondary N) is 1. The summed E-state index contributed by atoms with van der Waals surface area (Å²) >= 11 is 5.11. The Labute approximate surface area is 211 Å². The molecule has 0 radical (unpaired) electrons. The number of thiophene rings is 1. The van der Waals surface area contributed by atoms with Crippen LogP contribution in [0.3, 0.4) is 0 Å². The minimum Gasteiger partial charge on any atom is -0.315 e. The minimum absolute atomic E-state index is 0.0233. The van der Waals surface area contributed by atoms with Gasteiger partial charge in [0.1, 0.15) is 17.2 Å². The number of hydrogen-bond acceptors (Lipinski definition) is 7. The van der Waals surface area contributed by atoms with E-state index in [4.69, 9.17) is 0 Å². The van der Waals surface area contributed by atoms with Crippen LogP contribution >= 0.6 is 27.3 Å². The molecule has 1 fully saturated rings. The Kier molecular flexibility index (Phi) is 5.75. The lowest BCUT2D eigenvalue weighted by atomic mass is 10.0. The zero-order valence-electron chi connectivity index (χ0n) is 18.4. The second-order valence-electron chi connectivity index (χ2n) is 8.28. The maximum atomic E-state index is 15.5. The molecule has 0 aliphatic carbocycles. The Morgan fingerprint density at radius 1 is 1.20 bits per heavy atom.